The number of hydrogen-bond acceptors (Lipinski definition) is 4. The number of nitrogens with one attached hydrogen (secondary N) is 1. The van der Waals surface area contributed by atoms with Gasteiger partial charge in [0.25, 0.3) is 0 Å². The molecule has 0 atom stereocenters. The number of nitrogens with two attached hydrogens (primary N) is 1. The Morgan fingerprint density at radius 3 is 2.90 bits per heavy atom. The summed E-state index contributed by atoms with van der Waals surface area (Å²) in [4.78, 5) is 8.50. The Morgan fingerprint density at radius 2 is 2.29 bits per heavy atom. The number of amidine groups is 1. The van der Waals surface area contributed by atoms with Crippen molar-refractivity contribution in [3.63, 3.8) is 0 Å². The highest BCUT2D eigenvalue weighted by molar-refractivity contribution is 6.16. The van der Waals surface area contributed by atoms with E-state index in [1.165, 1.54) is 0 Å². The Kier molecular flexibility index (Phi) is 3.31. The molecule has 0 aliphatic rings. The largest absolute Gasteiger partial charge is 0.384 e. The maximum absolute atomic E-state index is 7.89. The van der Waals surface area contributed by atoms with Crippen molar-refractivity contribution < 1.29 is 0 Å². The molecule has 3 heterocycles. The van der Waals surface area contributed by atoms with E-state index in [1.54, 1.807) is 16.9 Å². The third-order valence-corrected chi connectivity index (χ3v) is 3.43. The van der Waals surface area contributed by atoms with E-state index >= 15 is 0 Å². The van der Waals surface area contributed by atoms with Gasteiger partial charge in [-0.05, 0) is 24.6 Å². The third-order valence-electron chi connectivity index (χ3n) is 3.19. The first-order chi connectivity index (χ1) is 10.1. The van der Waals surface area contributed by atoms with Crippen LogP contribution in [-0.2, 0) is 5.88 Å². The molecule has 3 N–H and O–H groups in total. The van der Waals surface area contributed by atoms with E-state index < -0.39 is 0 Å². The number of alkyl halides is 1. The molecule has 0 aliphatic heterocycles. The number of nitrogen functional groups attached to an aromatic ring is 1. The third kappa shape index (κ3) is 2.23. The predicted octanol–water partition coefficient (Wildman–Crippen LogP) is 2.12. The minimum absolute atomic E-state index is 0.0626. The van der Waals surface area contributed by atoms with Crippen LogP contribution in [0, 0.1) is 12.3 Å². The van der Waals surface area contributed by atoms with Gasteiger partial charge in [0.1, 0.15) is 5.84 Å². The van der Waals surface area contributed by atoms with Crippen LogP contribution in [0.2, 0.25) is 0 Å². The second kappa shape index (κ2) is 5.14. The molecule has 0 saturated carbocycles. The van der Waals surface area contributed by atoms with Gasteiger partial charge in [-0.15, -0.1) is 16.7 Å². The van der Waals surface area contributed by atoms with Crippen LogP contribution in [0.3, 0.4) is 0 Å². The molecule has 0 amide bonds. The fourth-order valence-electron chi connectivity index (χ4n) is 2.30. The van der Waals surface area contributed by atoms with Crippen molar-refractivity contribution in [3.8, 4) is 11.1 Å². The van der Waals surface area contributed by atoms with E-state index in [0.717, 1.165) is 16.8 Å². The Morgan fingerprint density at radius 1 is 1.48 bits per heavy atom. The standard InChI is InChI=1S/C14H13ClN6/c1-8-5-10(9-3-2-4-18-7-9)12(13(16)17)14-19-11(6-15)20-21(8)14/h2-5,7H,6H2,1H3,(H3,16,17). The Balaban J connectivity index is 2.39. The van der Waals surface area contributed by atoms with Crippen molar-refractivity contribution in [2.45, 2.75) is 12.8 Å². The molecule has 3 rings (SSSR count). The molecule has 0 saturated heterocycles. The minimum atomic E-state index is -0.0626. The van der Waals surface area contributed by atoms with E-state index in [2.05, 4.69) is 15.1 Å². The lowest BCUT2D eigenvalue weighted by Crippen LogP contribution is -2.15. The van der Waals surface area contributed by atoms with Gasteiger partial charge >= 0.3 is 0 Å². The second-order valence-corrected chi connectivity index (χ2v) is 4.89. The summed E-state index contributed by atoms with van der Waals surface area (Å²) in [6, 6.07) is 5.68. The zero-order chi connectivity index (χ0) is 15.0. The van der Waals surface area contributed by atoms with E-state index in [9.17, 15) is 0 Å². The smallest absolute Gasteiger partial charge is 0.167 e. The molecule has 0 spiro atoms. The Bertz CT molecular complexity index is 824. The van der Waals surface area contributed by atoms with Gasteiger partial charge in [0.15, 0.2) is 11.5 Å². The van der Waals surface area contributed by atoms with Crippen molar-refractivity contribution in [2.75, 3.05) is 0 Å². The SMILES string of the molecule is Cc1cc(-c2cccnc2)c(C(=N)N)c2nc(CCl)nn12. The number of fused-ring (bicyclic) bond motifs is 1. The van der Waals surface area contributed by atoms with Gasteiger partial charge in [0, 0.05) is 23.7 Å². The van der Waals surface area contributed by atoms with Crippen LogP contribution in [0.5, 0.6) is 0 Å². The lowest BCUT2D eigenvalue weighted by atomic mass is 10.0. The van der Waals surface area contributed by atoms with Crippen LogP contribution in [-0.4, -0.2) is 25.4 Å². The number of rotatable bonds is 3. The normalized spacial score (nSPS) is 11.0. The summed E-state index contributed by atoms with van der Waals surface area (Å²) in [5.41, 5.74) is 9.43. The summed E-state index contributed by atoms with van der Waals surface area (Å²) in [5, 5.41) is 12.2. The number of halogens is 1. The van der Waals surface area contributed by atoms with Crippen molar-refractivity contribution in [3.05, 3.63) is 47.7 Å². The predicted molar refractivity (Wildman–Crippen MR) is 81.5 cm³/mol. The molecule has 6 nitrogen and oxygen atoms in total. The van der Waals surface area contributed by atoms with Gasteiger partial charge in [0.05, 0.1) is 11.4 Å². The summed E-state index contributed by atoms with van der Waals surface area (Å²) >= 11 is 5.81. The Hall–Kier alpha value is -2.47. The van der Waals surface area contributed by atoms with Crippen LogP contribution in [0.15, 0.2) is 30.6 Å². The van der Waals surface area contributed by atoms with Gasteiger partial charge in [-0.25, -0.2) is 9.50 Å². The maximum atomic E-state index is 7.89. The number of aryl methyl sites for hydroxylation is 1. The molecular weight excluding hydrogens is 288 g/mol. The van der Waals surface area contributed by atoms with Crippen LogP contribution < -0.4 is 5.73 Å². The van der Waals surface area contributed by atoms with Gasteiger partial charge in [0.2, 0.25) is 0 Å². The first-order valence-corrected chi connectivity index (χ1v) is 6.85. The minimum Gasteiger partial charge on any atom is -0.384 e. The van der Waals surface area contributed by atoms with Crippen molar-refractivity contribution >= 4 is 23.1 Å². The monoisotopic (exact) mass is 300 g/mol. The zero-order valence-corrected chi connectivity index (χ0v) is 12.1. The van der Waals surface area contributed by atoms with Gasteiger partial charge < -0.3 is 5.73 Å². The van der Waals surface area contributed by atoms with E-state index in [1.807, 2.05) is 25.1 Å². The summed E-state index contributed by atoms with van der Waals surface area (Å²) in [5.74, 6) is 0.652. The number of hydrogen-bond donors (Lipinski definition) is 2. The van der Waals surface area contributed by atoms with Crippen LogP contribution in [0.1, 0.15) is 17.1 Å². The number of pyridine rings is 2. The molecule has 0 radical (unpaired) electrons. The van der Waals surface area contributed by atoms with Crippen molar-refractivity contribution in [1.82, 2.24) is 19.6 Å². The highest BCUT2D eigenvalue weighted by Crippen LogP contribution is 2.27. The summed E-state index contributed by atoms with van der Waals surface area (Å²) in [6.45, 7) is 1.92. The van der Waals surface area contributed by atoms with Crippen molar-refractivity contribution in [2.24, 2.45) is 5.73 Å². The summed E-state index contributed by atoms with van der Waals surface area (Å²) in [6.07, 6.45) is 3.43. The lowest BCUT2D eigenvalue weighted by Gasteiger charge is -2.11. The Labute approximate surface area is 126 Å². The molecule has 21 heavy (non-hydrogen) atoms. The first-order valence-electron chi connectivity index (χ1n) is 6.32. The van der Waals surface area contributed by atoms with E-state index in [-0.39, 0.29) is 11.7 Å². The lowest BCUT2D eigenvalue weighted by molar-refractivity contribution is 0.886. The van der Waals surface area contributed by atoms with E-state index in [4.69, 9.17) is 22.7 Å². The topological polar surface area (TPSA) is 93.0 Å². The molecule has 3 aromatic heterocycles. The second-order valence-electron chi connectivity index (χ2n) is 4.63. The first kappa shape index (κ1) is 13.5. The highest BCUT2D eigenvalue weighted by Gasteiger charge is 2.18. The number of aromatic nitrogens is 4. The maximum Gasteiger partial charge on any atom is 0.167 e. The molecule has 0 unspecified atom stereocenters. The fourth-order valence-corrected chi connectivity index (χ4v) is 2.41. The molecule has 0 fully saturated rings. The van der Waals surface area contributed by atoms with Gasteiger partial charge in [-0.2, -0.15) is 0 Å². The molecule has 0 aromatic carbocycles. The van der Waals surface area contributed by atoms with Crippen molar-refractivity contribution in [1.29, 1.82) is 5.41 Å². The molecular formula is C14H13ClN6. The zero-order valence-electron chi connectivity index (χ0n) is 11.3. The molecule has 0 aliphatic carbocycles. The van der Waals surface area contributed by atoms with Crippen LogP contribution in [0.4, 0.5) is 0 Å². The quantitative estimate of drug-likeness (QED) is 0.440. The molecule has 3 aromatic rings. The summed E-state index contributed by atoms with van der Waals surface area (Å²) < 4.78 is 1.66. The van der Waals surface area contributed by atoms with Gasteiger partial charge in [-0.1, -0.05) is 6.07 Å². The van der Waals surface area contributed by atoms with Crippen LogP contribution >= 0.6 is 11.6 Å². The van der Waals surface area contributed by atoms with Gasteiger partial charge in [-0.3, -0.25) is 10.4 Å². The fraction of sp³-hybridized carbons (Fsp3) is 0.143. The average Bonchev–Trinajstić information content (AvgIpc) is 2.92. The average molecular weight is 301 g/mol. The highest BCUT2D eigenvalue weighted by atomic mass is 35.5. The molecule has 0 bridgehead atoms. The van der Waals surface area contributed by atoms with Crippen LogP contribution in [0.25, 0.3) is 16.8 Å². The summed E-state index contributed by atoms with van der Waals surface area (Å²) in [7, 11) is 0. The molecule has 106 valence electrons. The molecule has 7 heteroatoms. The number of nitrogens with zero attached hydrogens (tertiary/aromatic N) is 4. The van der Waals surface area contributed by atoms with E-state index in [0.29, 0.717) is 17.0 Å².